The Labute approximate surface area is 176 Å². The van der Waals surface area contributed by atoms with Crippen LogP contribution in [-0.2, 0) is 18.3 Å². The number of carbonyl (C=O) groups is 1. The summed E-state index contributed by atoms with van der Waals surface area (Å²) in [7, 11) is 1.65. The lowest BCUT2D eigenvalue weighted by atomic mass is 10.0. The van der Waals surface area contributed by atoms with Crippen molar-refractivity contribution in [1.29, 1.82) is 0 Å². The van der Waals surface area contributed by atoms with Gasteiger partial charge < -0.3 is 5.32 Å². The number of nitrogens with zero attached hydrogens (tertiary/aromatic N) is 3. The Morgan fingerprint density at radius 2 is 1.68 bits per heavy atom. The molecular weight excluding hydrogens is 405 g/mol. The number of pyridine rings is 1. The molecule has 0 radical (unpaired) electrons. The molecule has 31 heavy (non-hydrogen) atoms. The van der Waals surface area contributed by atoms with Crippen molar-refractivity contribution in [3.63, 3.8) is 0 Å². The van der Waals surface area contributed by atoms with Gasteiger partial charge in [0.25, 0.3) is 0 Å². The van der Waals surface area contributed by atoms with Gasteiger partial charge in [-0.3, -0.25) is 14.5 Å². The zero-order valence-corrected chi connectivity index (χ0v) is 16.4. The van der Waals surface area contributed by atoms with Gasteiger partial charge in [-0.1, -0.05) is 12.1 Å². The molecule has 156 valence electrons. The van der Waals surface area contributed by atoms with Gasteiger partial charge >= 0.3 is 0 Å². The second-order valence-electron chi connectivity index (χ2n) is 6.88. The zero-order chi connectivity index (χ0) is 22.0. The average Bonchev–Trinajstić information content (AvgIpc) is 3.08. The molecule has 2 aromatic carbocycles. The molecule has 0 spiro atoms. The van der Waals surface area contributed by atoms with Gasteiger partial charge in [0.05, 0.1) is 12.0 Å². The third kappa shape index (κ3) is 4.18. The summed E-state index contributed by atoms with van der Waals surface area (Å²) in [5, 5.41) is 7.26. The van der Waals surface area contributed by atoms with Crippen LogP contribution in [0.5, 0.6) is 0 Å². The lowest BCUT2D eigenvalue weighted by molar-refractivity contribution is -0.115. The SMILES string of the molecule is Cn1nc(-c2ccc(F)cc2)c(-c2ccncc2)c1NC(=O)Cc1cccc(F)c1F. The summed E-state index contributed by atoms with van der Waals surface area (Å²) in [5.41, 5.74) is 2.46. The molecule has 0 unspecified atom stereocenters. The van der Waals surface area contributed by atoms with E-state index in [9.17, 15) is 18.0 Å². The molecule has 0 bridgehead atoms. The van der Waals surface area contributed by atoms with Gasteiger partial charge in [-0.25, -0.2) is 13.2 Å². The highest BCUT2D eigenvalue weighted by molar-refractivity contribution is 5.99. The van der Waals surface area contributed by atoms with Crippen LogP contribution >= 0.6 is 0 Å². The van der Waals surface area contributed by atoms with Gasteiger partial charge in [0.2, 0.25) is 5.91 Å². The number of amides is 1. The number of halogens is 3. The van der Waals surface area contributed by atoms with Crippen molar-refractivity contribution in [3.05, 3.63) is 90.0 Å². The first-order valence-corrected chi connectivity index (χ1v) is 9.40. The van der Waals surface area contributed by atoms with Crippen molar-refractivity contribution in [2.24, 2.45) is 7.05 Å². The topological polar surface area (TPSA) is 59.8 Å². The third-order valence-electron chi connectivity index (χ3n) is 4.77. The average molecular weight is 422 g/mol. The van der Waals surface area contributed by atoms with Crippen LogP contribution in [0.3, 0.4) is 0 Å². The number of aryl methyl sites for hydroxylation is 1. The minimum absolute atomic E-state index is 0.0520. The first-order valence-electron chi connectivity index (χ1n) is 9.40. The summed E-state index contributed by atoms with van der Waals surface area (Å²) in [6, 6.07) is 13.0. The number of aromatic nitrogens is 3. The predicted molar refractivity (Wildman–Crippen MR) is 111 cm³/mol. The van der Waals surface area contributed by atoms with Gasteiger partial charge in [-0.2, -0.15) is 5.10 Å². The fraction of sp³-hybridized carbons (Fsp3) is 0.0870. The molecule has 4 rings (SSSR count). The van der Waals surface area contributed by atoms with Crippen LogP contribution in [0.25, 0.3) is 22.4 Å². The molecule has 0 saturated heterocycles. The molecule has 0 aliphatic rings. The Morgan fingerprint density at radius 1 is 0.968 bits per heavy atom. The Balaban J connectivity index is 1.74. The van der Waals surface area contributed by atoms with Gasteiger partial charge in [-0.15, -0.1) is 0 Å². The molecule has 0 atom stereocenters. The number of anilines is 1. The highest BCUT2D eigenvalue weighted by atomic mass is 19.2. The van der Waals surface area contributed by atoms with Gasteiger partial charge in [0, 0.05) is 30.6 Å². The van der Waals surface area contributed by atoms with Crippen molar-refractivity contribution in [3.8, 4) is 22.4 Å². The predicted octanol–water partition coefficient (Wildman–Crippen LogP) is 4.75. The van der Waals surface area contributed by atoms with E-state index < -0.39 is 17.5 Å². The van der Waals surface area contributed by atoms with E-state index in [4.69, 9.17) is 0 Å². The van der Waals surface area contributed by atoms with Crippen molar-refractivity contribution >= 4 is 11.7 Å². The summed E-state index contributed by atoms with van der Waals surface area (Å²) in [6.45, 7) is 0. The van der Waals surface area contributed by atoms with Crippen LogP contribution in [0, 0.1) is 17.5 Å². The van der Waals surface area contributed by atoms with Crippen LogP contribution in [0.4, 0.5) is 19.0 Å². The Kier molecular flexibility index (Phi) is 5.53. The Morgan fingerprint density at radius 3 is 2.39 bits per heavy atom. The van der Waals surface area contributed by atoms with Crippen molar-refractivity contribution in [2.75, 3.05) is 5.32 Å². The minimum atomic E-state index is -1.05. The molecule has 8 heteroatoms. The molecule has 1 amide bonds. The summed E-state index contributed by atoms with van der Waals surface area (Å²) >= 11 is 0. The van der Waals surface area contributed by atoms with Gasteiger partial charge in [-0.05, 0) is 48.0 Å². The summed E-state index contributed by atoms with van der Waals surface area (Å²) in [6.07, 6.45) is 2.85. The molecule has 2 heterocycles. The smallest absolute Gasteiger partial charge is 0.230 e. The number of hydrogen-bond acceptors (Lipinski definition) is 3. The van der Waals surface area contributed by atoms with Crippen LogP contribution in [0.2, 0.25) is 0 Å². The van der Waals surface area contributed by atoms with Crippen molar-refractivity contribution in [1.82, 2.24) is 14.8 Å². The first-order chi connectivity index (χ1) is 14.9. The second kappa shape index (κ2) is 8.43. The van der Waals surface area contributed by atoms with Crippen molar-refractivity contribution < 1.29 is 18.0 Å². The second-order valence-corrected chi connectivity index (χ2v) is 6.88. The van der Waals surface area contributed by atoms with E-state index in [1.54, 1.807) is 43.7 Å². The van der Waals surface area contributed by atoms with E-state index in [1.807, 2.05) is 0 Å². The highest BCUT2D eigenvalue weighted by Gasteiger charge is 2.22. The maximum absolute atomic E-state index is 14.0. The first kappa shape index (κ1) is 20.3. The van der Waals surface area contributed by atoms with E-state index in [-0.39, 0.29) is 17.8 Å². The molecule has 2 aromatic heterocycles. The van der Waals surface area contributed by atoms with Gasteiger partial charge in [0.1, 0.15) is 17.3 Å². The summed E-state index contributed by atoms with van der Waals surface area (Å²) in [4.78, 5) is 16.7. The van der Waals surface area contributed by atoms with Crippen LogP contribution < -0.4 is 5.32 Å². The standard InChI is InChI=1S/C23H17F3N4O/c1-30-23(28-19(31)13-16-3-2-4-18(25)21(16)26)20(14-9-11-27-12-10-14)22(29-30)15-5-7-17(24)8-6-15/h2-12H,13H2,1H3,(H,28,31). The van der Waals surface area contributed by atoms with E-state index in [0.717, 1.165) is 11.6 Å². The van der Waals surface area contributed by atoms with Crippen LogP contribution in [0.15, 0.2) is 67.0 Å². The maximum Gasteiger partial charge on any atom is 0.230 e. The molecule has 4 aromatic rings. The Bertz CT molecular complexity index is 1240. The molecule has 1 N–H and O–H groups in total. The summed E-state index contributed by atoms with van der Waals surface area (Å²) < 4.78 is 42.3. The molecular formula is C23H17F3N4O. The number of nitrogens with one attached hydrogen (secondary N) is 1. The normalized spacial score (nSPS) is 10.8. The quantitative estimate of drug-likeness (QED) is 0.505. The number of hydrogen-bond donors (Lipinski definition) is 1. The number of carbonyl (C=O) groups excluding carboxylic acids is 1. The molecule has 0 aliphatic heterocycles. The van der Waals surface area contributed by atoms with Gasteiger partial charge in [0.15, 0.2) is 11.6 Å². The minimum Gasteiger partial charge on any atom is -0.310 e. The third-order valence-corrected chi connectivity index (χ3v) is 4.77. The molecule has 5 nitrogen and oxygen atoms in total. The number of benzene rings is 2. The summed E-state index contributed by atoms with van der Waals surface area (Å²) in [5.74, 6) is -2.61. The molecule has 0 aliphatic carbocycles. The largest absolute Gasteiger partial charge is 0.310 e. The van der Waals surface area contributed by atoms with E-state index in [2.05, 4.69) is 15.4 Å². The molecule has 0 fully saturated rings. The lowest BCUT2D eigenvalue weighted by Gasteiger charge is -2.10. The lowest BCUT2D eigenvalue weighted by Crippen LogP contribution is -2.18. The maximum atomic E-state index is 14.0. The van der Waals surface area contributed by atoms with Crippen LogP contribution in [0.1, 0.15) is 5.56 Å². The van der Waals surface area contributed by atoms with E-state index in [0.29, 0.717) is 22.6 Å². The fourth-order valence-corrected chi connectivity index (χ4v) is 3.30. The highest BCUT2D eigenvalue weighted by Crippen LogP contribution is 2.37. The zero-order valence-electron chi connectivity index (χ0n) is 16.4. The van der Waals surface area contributed by atoms with E-state index >= 15 is 0 Å². The Hall–Kier alpha value is -3.94. The fourth-order valence-electron chi connectivity index (χ4n) is 3.30. The van der Waals surface area contributed by atoms with Crippen LogP contribution in [-0.4, -0.2) is 20.7 Å². The molecule has 0 saturated carbocycles. The number of rotatable bonds is 5. The van der Waals surface area contributed by atoms with Crippen molar-refractivity contribution in [2.45, 2.75) is 6.42 Å². The monoisotopic (exact) mass is 422 g/mol. The van der Waals surface area contributed by atoms with E-state index in [1.165, 1.54) is 28.9 Å².